The fourth-order valence-electron chi connectivity index (χ4n) is 2.92. The highest BCUT2D eigenvalue weighted by atomic mass is 16.1. The third-order valence-electron chi connectivity index (χ3n) is 4.32. The predicted octanol–water partition coefficient (Wildman–Crippen LogP) is 3.78. The third kappa shape index (κ3) is 7.88. The Balaban J connectivity index is 1.89. The van der Waals surface area contributed by atoms with Crippen LogP contribution in [0.3, 0.4) is 0 Å². The largest absolute Gasteiger partial charge is 0.350 e. The van der Waals surface area contributed by atoms with Crippen molar-refractivity contribution in [2.24, 2.45) is 0 Å². The Morgan fingerprint density at radius 3 is 2.20 bits per heavy atom. The van der Waals surface area contributed by atoms with Gasteiger partial charge in [-0.15, -0.1) is 0 Å². The van der Waals surface area contributed by atoms with Crippen LogP contribution in [0, 0.1) is 0 Å². The summed E-state index contributed by atoms with van der Waals surface area (Å²) in [5.74, 6) is 0.235. The lowest BCUT2D eigenvalue weighted by Crippen LogP contribution is -2.47. The van der Waals surface area contributed by atoms with E-state index in [1.807, 2.05) is 0 Å². The molecule has 118 valence electrons. The molecule has 1 amide bonds. The lowest BCUT2D eigenvalue weighted by Gasteiger charge is -2.24. The third-order valence-corrected chi connectivity index (χ3v) is 4.32. The van der Waals surface area contributed by atoms with Crippen LogP contribution in [0.4, 0.5) is 0 Å². The first kappa shape index (κ1) is 17.5. The molecule has 2 N–H and O–H groups in total. The van der Waals surface area contributed by atoms with Gasteiger partial charge in [0.05, 0.1) is 5.54 Å². The number of nitrogens with one attached hydrogen (secondary N) is 2. The minimum Gasteiger partial charge on any atom is -0.350 e. The van der Waals surface area contributed by atoms with Crippen molar-refractivity contribution in [1.82, 2.24) is 10.6 Å². The quantitative estimate of drug-likeness (QED) is 0.566. The van der Waals surface area contributed by atoms with Gasteiger partial charge in [0, 0.05) is 13.0 Å². The summed E-state index contributed by atoms with van der Waals surface area (Å²) >= 11 is 0. The molecule has 3 nitrogen and oxygen atoms in total. The van der Waals surface area contributed by atoms with E-state index < -0.39 is 0 Å². The number of hydrogen-bond acceptors (Lipinski definition) is 2. The first-order valence-electron chi connectivity index (χ1n) is 8.68. The molecule has 1 aliphatic rings. The normalized spacial score (nSPS) is 22.1. The van der Waals surface area contributed by atoms with Crippen molar-refractivity contribution in [3.05, 3.63) is 0 Å². The summed E-state index contributed by atoms with van der Waals surface area (Å²) in [4.78, 5) is 11.9. The Hall–Kier alpha value is -0.570. The molecule has 1 saturated heterocycles. The van der Waals surface area contributed by atoms with E-state index in [2.05, 4.69) is 24.5 Å². The molecule has 0 bridgehead atoms. The zero-order valence-electron chi connectivity index (χ0n) is 13.6. The predicted molar refractivity (Wildman–Crippen MR) is 85.9 cm³/mol. The van der Waals surface area contributed by atoms with Crippen LogP contribution < -0.4 is 10.6 Å². The van der Waals surface area contributed by atoms with E-state index in [9.17, 15) is 4.79 Å². The number of hydrogen-bond donors (Lipinski definition) is 2. The van der Waals surface area contributed by atoms with E-state index in [1.165, 1.54) is 51.4 Å². The summed E-state index contributed by atoms with van der Waals surface area (Å²) in [5.41, 5.74) is -0.00361. The van der Waals surface area contributed by atoms with Crippen molar-refractivity contribution in [2.45, 2.75) is 90.0 Å². The Morgan fingerprint density at radius 1 is 1.05 bits per heavy atom. The molecule has 1 fully saturated rings. The lowest BCUT2D eigenvalue weighted by molar-refractivity contribution is -0.122. The topological polar surface area (TPSA) is 41.1 Å². The number of carbonyl (C=O) groups excluding carboxylic acids is 1. The zero-order valence-corrected chi connectivity index (χ0v) is 13.6. The summed E-state index contributed by atoms with van der Waals surface area (Å²) in [6, 6.07) is 0. The van der Waals surface area contributed by atoms with E-state index >= 15 is 0 Å². The van der Waals surface area contributed by atoms with Gasteiger partial charge >= 0.3 is 0 Å². The minimum atomic E-state index is -0.00361. The van der Waals surface area contributed by atoms with Gasteiger partial charge < -0.3 is 10.6 Å². The maximum atomic E-state index is 11.9. The van der Waals surface area contributed by atoms with Gasteiger partial charge in [-0.05, 0) is 26.3 Å². The van der Waals surface area contributed by atoms with Crippen LogP contribution >= 0.6 is 0 Å². The lowest BCUT2D eigenvalue weighted by atomic mass is 10.0. The maximum absolute atomic E-state index is 11.9. The van der Waals surface area contributed by atoms with Crippen LogP contribution in [0.1, 0.15) is 84.5 Å². The van der Waals surface area contributed by atoms with Gasteiger partial charge in [-0.2, -0.15) is 0 Å². The molecule has 1 unspecified atom stereocenters. The van der Waals surface area contributed by atoms with Crippen LogP contribution in [-0.2, 0) is 4.79 Å². The molecule has 20 heavy (non-hydrogen) atoms. The number of rotatable bonds is 11. The summed E-state index contributed by atoms with van der Waals surface area (Å²) in [6.45, 7) is 6.33. The second-order valence-corrected chi connectivity index (χ2v) is 6.61. The van der Waals surface area contributed by atoms with Crippen LogP contribution in [0.25, 0.3) is 0 Å². The van der Waals surface area contributed by atoms with Gasteiger partial charge in [-0.1, -0.05) is 58.3 Å². The number of amides is 1. The molecular weight excluding hydrogens is 248 g/mol. The number of carbonyl (C=O) groups is 1. The van der Waals surface area contributed by atoms with E-state index in [-0.39, 0.29) is 11.4 Å². The summed E-state index contributed by atoms with van der Waals surface area (Å²) in [6.07, 6.45) is 13.5. The summed E-state index contributed by atoms with van der Waals surface area (Å²) in [5, 5.41) is 6.49. The molecule has 1 rings (SSSR count). The Labute approximate surface area is 125 Å². The first-order valence-corrected chi connectivity index (χ1v) is 8.68. The van der Waals surface area contributed by atoms with Gasteiger partial charge in [0.25, 0.3) is 0 Å². The van der Waals surface area contributed by atoms with Gasteiger partial charge in [-0.3, -0.25) is 4.79 Å². The molecule has 1 heterocycles. The van der Waals surface area contributed by atoms with Crippen molar-refractivity contribution in [3.8, 4) is 0 Å². The van der Waals surface area contributed by atoms with Crippen LogP contribution in [0.5, 0.6) is 0 Å². The monoisotopic (exact) mass is 282 g/mol. The Kier molecular flexibility index (Phi) is 8.92. The molecule has 0 radical (unpaired) electrons. The molecule has 0 aromatic heterocycles. The van der Waals surface area contributed by atoms with Crippen molar-refractivity contribution in [3.63, 3.8) is 0 Å². The van der Waals surface area contributed by atoms with E-state index in [4.69, 9.17) is 0 Å². The SMILES string of the molecule is CCCCCCCCCCCC(=O)NC1(C)CCNC1. The molecule has 0 saturated carbocycles. The molecule has 1 atom stereocenters. The Morgan fingerprint density at radius 2 is 1.65 bits per heavy atom. The summed E-state index contributed by atoms with van der Waals surface area (Å²) < 4.78 is 0. The van der Waals surface area contributed by atoms with Gasteiger partial charge in [0.2, 0.25) is 5.91 Å². The highest BCUT2D eigenvalue weighted by Crippen LogP contribution is 2.14. The van der Waals surface area contributed by atoms with Crippen LogP contribution in [0.15, 0.2) is 0 Å². The second kappa shape index (κ2) is 10.2. The molecule has 0 aromatic rings. The van der Waals surface area contributed by atoms with Gasteiger partial charge in [-0.25, -0.2) is 0 Å². The van der Waals surface area contributed by atoms with Crippen LogP contribution in [-0.4, -0.2) is 24.5 Å². The van der Waals surface area contributed by atoms with Crippen molar-refractivity contribution in [2.75, 3.05) is 13.1 Å². The smallest absolute Gasteiger partial charge is 0.220 e. The Bertz CT molecular complexity index is 260. The van der Waals surface area contributed by atoms with Crippen LogP contribution in [0.2, 0.25) is 0 Å². The van der Waals surface area contributed by atoms with Crippen molar-refractivity contribution < 1.29 is 4.79 Å². The standard InChI is InChI=1S/C17H34N2O/c1-3-4-5-6-7-8-9-10-11-12-16(20)19-17(2)13-14-18-15-17/h18H,3-15H2,1-2H3,(H,19,20). The molecule has 0 aromatic carbocycles. The van der Waals surface area contributed by atoms with Gasteiger partial charge in [0.15, 0.2) is 0 Å². The average Bonchev–Trinajstić information content (AvgIpc) is 2.83. The molecule has 0 spiro atoms. The fraction of sp³-hybridized carbons (Fsp3) is 0.941. The van der Waals surface area contributed by atoms with E-state index in [1.54, 1.807) is 0 Å². The van der Waals surface area contributed by atoms with Gasteiger partial charge in [0.1, 0.15) is 0 Å². The number of unbranched alkanes of at least 4 members (excludes halogenated alkanes) is 8. The van der Waals surface area contributed by atoms with Crippen molar-refractivity contribution >= 4 is 5.91 Å². The average molecular weight is 282 g/mol. The van der Waals surface area contributed by atoms with E-state index in [0.29, 0.717) is 6.42 Å². The fourth-order valence-corrected chi connectivity index (χ4v) is 2.92. The minimum absolute atomic E-state index is 0.00361. The first-order chi connectivity index (χ1) is 9.66. The van der Waals surface area contributed by atoms with E-state index in [0.717, 1.165) is 25.9 Å². The zero-order chi connectivity index (χ0) is 14.7. The molecule has 1 aliphatic heterocycles. The highest BCUT2D eigenvalue weighted by molar-refractivity contribution is 5.76. The summed E-state index contributed by atoms with van der Waals surface area (Å²) in [7, 11) is 0. The van der Waals surface area contributed by atoms with Crippen molar-refractivity contribution in [1.29, 1.82) is 0 Å². The maximum Gasteiger partial charge on any atom is 0.220 e. The highest BCUT2D eigenvalue weighted by Gasteiger charge is 2.29. The molecule has 0 aliphatic carbocycles. The molecule has 3 heteroatoms. The molecular formula is C17H34N2O. The second-order valence-electron chi connectivity index (χ2n) is 6.61.